The number of rotatable bonds is 5. The van der Waals surface area contributed by atoms with Crippen LogP contribution in [0.25, 0.3) is 0 Å². The quantitative estimate of drug-likeness (QED) is 0.873. The molecule has 2 aromatic rings. The molecular weight excluding hydrogens is 298 g/mol. The fraction of sp³-hybridized carbons (Fsp3) is 0.400. The molecule has 0 aliphatic carbocycles. The van der Waals surface area contributed by atoms with Crippen LogP contribution in [0.2, 0.25) is 0 Å². The van der Waals surface area contributed by atoms with E-state index in [1.54, 1.807) is 17.2 Å². The lowest BCUT2D eigenvalue weighted by Crippen LogP contribution is -2.31. The molecule has 0 aliphatic heterocycles. The highest BCUT2D eigenvalue weighted by Crippen LogP contribution is 2.24. The monoisotopic (exact) mass is 325 g/mol. The van der Waals surface area contributed by atoms with Gasteiger partial charge in [0, 0.05) is 18.8 Å². The van der Waals surface area contributed by atoms with E-state index in [0.29, 0.717) is 18.8 Å². The van der Waals surface area contributed by atoms with E-state index in [-0.39, 0.29) is 11.3 Å². The molecule has 0 fully saturated rings. The molecule has 1 amide bonds. The number of nitrogens with one attached hydrogen (secondary N) is 1. The van der Waals surface area contributed by atoms with Crippen LogP contribution in [0, 0.1) is 0 Å². The summed E-state index contributed by atoms with van der Waals surface area (Å²) in [5.74, 6) is -0.0268. The fourth-order valence-electron chi connectivity index (χ4n) is 2.49. The Morgan fingerprint density at radius 2 is 1.58 bits per heavy atom. The van der Waals surface area contributed by atoms with Crippen LogP contribution in [-0.4, -0.2) is 28.9 Å². The maximum absolute atomic E-state index is 12.3. The van der Waals surface area contributed by atoms with E-state index < -0.39 is 0 Å². The molecule has 0 spiro atoms. The third-order valence-electron chi connectivity index (χ3n) is 4.07. The first-order valence-electron chi connectivity index (χ1n) is 8.48. The molecule has 1 aromatic carbocycles. The predicted octanol–water partition coefficient (Wildman–Crippen LogP) is 4.60. The highest BCUT2D eigenvalue weighted by Gasteiger charge is 2.14. The molecule has 1 heterocycles. The summed E-state index contributed by atoms with van der Waals surface area (Å²) in [4.78, 5) is 18.3. The zero-order valence-corrected chi connectivity index (χ0v) is 15.3. The van der Waals surface area contributed by atoms with Crippen LogP contribution in [0.3, 0.4) is 0 Å². The Bertz CT molecular complexity index is 666. The third-order valence-corrected chi connectivity index (χ3v) is 4.07. The average molecular weight is 325 g/mol. The maximum atomic E-state index is 12.3. The van der Waals surface area contributed by atoms with Gasteiger partial charge in [-0.25, -0.2) is 4.98 Å². The van der Waals surface area contributed by atoms with Gasteiger partial charge in [-0.3, -0.25) is 4.79 Å². The van der Waals surface area contributed by atoms with Gasteiger partial charge in [-0.05, 0) is 49.1 Å². The van der Waals surface area contributed by atoms with Crippen molar-refractivity contribution in [3.8, 4) is 0 Å². The summed E-state index contributed by atoms with van der Waals surface area (Å²) in [7, 11) is 0. The Balaban J connectivity index is 2.08. The molecule has 0 saturated carbocycles. The van der Waals surface area contributed by atoms with Gasteiger partial charge in [0.2, 0.25) is 0 Å². The molecule has 0 aliphatic rings. The maximum Gasteiger partial charge on any atom is 0.272 e. The van der Waals surface area contributed by atoms with E-state index in [9.17, 15) is 4.79 Å². The largest absolute Gasteiger partial charge is 0.354 e. The zero-order valence-electron chi connectivity index (χ0n) is 15.3. The third kappa shape index (κ3) is 4.34. The van der Waals surface area contributed by atoms with Crippen molar-refractivity contribution >= 4 is 17.3 Å². The van der Waals surface area contributed by atoms with Crippen LogP contribution < -0.4 is 5.32 Å². The van der Waals surface area contributed by atoms with Crippen molar-refractivity contribution in [1.29, 1.82) is 0 Å². The van der Waals surface area contributed by atoms with E-state index in [1.807, 2.05) is 19.9 Å². The van der Waals surface area contributed by atoms with Gasteiger partial charge >= 0.3 is 0 Å². The van der Waals surface area contributed by atoms with E-state index in [2.05, 4.69) is 55.3 Å². The predicted molar refractivity (Wildman–Crippen MR) is 99.9 cm³/mol. The van der Waals surface area contributed by atoms with Crippen molar-refractivity contribution < 1.29 is 4.79 Å². The molecule has 128 valence electrons. The summed E-state index contributed by atoms with van der Waals surface area (Å²) >= 11 is 0. The van der Waals surface area contributed by atoms with E-state index in [1.165, 1.54) is 5.56 Å². The first-order chi connectivity index (χ1) is 11.3. The minimum Gasteiger partial charge on any atom is -0.354 e. The number of anilines is 2. The lowest BCUT2D eigenvalue weighted by atomic mass is 9.87. The molecule has 0 unspecified atom stereocenters. The number of nitrogens with zero attached hydrogens (tertiary/aromatic N) is 2. The summed E-state index contributed by atoms with van der Waals surface area (Å²) in [6, 6.07) is 12.1. The second kappa shape index (κ2) is 7.47. The summed E-state index contributed by atoms with van der Waals surface area (Å²) < 4.78 is 0. The number of amides is 1. The van der Waals surface area contributed by atoms with Gasteiger partial charge in [0.25, 0.3) is 5.91 Å². The first-order valence-corrected chi connectivity index (χ1v) is 8.48. The molecule has 2 rings (SSSR count). The molecule has 1 N–H and O–H groups in total. The van der Waals surface area contributed by atoms with Crippen molar-refractivity contribution in [1.82, 2.24) is 9.88 Å². The first kappa shape index (κ1) is 18.0. The minimum atomic E-state index is -0.0268. The van der Waals surface area contributed by atoms with Crippen LogP contribution >= 0.6 is 0 Å². The second-order valence-electron chi connectivity index (χ2n) is 6.86. The molecule has 0 atom stereocenters. The topological polar surface area (TPSA) is 45.2 Å². The Hall–Kier alpha value is -2.36. The molecule has 24 heavy (non-hydrogen) atoms. The van der Waals surface area contributed by atoms with Gasteiger partial charge in [-0.1, -0.05) is 32.9 Å². The molecule has 1 aromatic heterocycles. The van der Waals surface area contributed by atoms with E-state index in [4.69, 9.17) is 0 Å². The number of hydrogen-bond donors (Lipinski definition) is 1. The lowest BCUT2D eigenvalue weighted by molar-refractivity contribution is 0.0767. The number of benzene rings is 1. The Kier molecular flexibility index (Phi) is 5.60. The second-order valence-corrected chi connectivity index (χ2v) is 6.86. The van der Waals surface area contributed by atoms with Gasteiger partial charge in [-0.15, -0.1) is 0 Å². The summed E-state index contributed by atoms with van der Waals surface area (Å²) in [6.07, 6.45) is 1.70. The molecule has 4 heteroatoms. The molecule has 0 radical (unpaired) electrons. The van der Waals surface area contributed by atoms with Crippen LogP contribution in [0.15, 0.2) is 42.6 Å². The number of carbonyl (C=O) groups excluding carboxylic acids is 1. The highest BCUT2D eigenvalue weighted by atomic mass is 16.2. The standard InChI is InChI=1S/C20H27N3O/c1-6-23(7-2)19(24)18-13-12-17(14-21-18)22-16-10-8-15(9-11-16)20(3,4)5/h8-14,22H,6-7H2,1-5H3. The molecular formula is C20H27N3O. The molecule has 0 saturated heterocycles. The Labute approximate surface area is 144 Å². The normalized spacial score (nSPS) is 11.2. The van der Waals surface area contributed by atoms with Gasteiger partial charge in [0.1, 0.15) is 5.69 Å². The summed E-state index contributed by atoms with van der Waals surface area (Å²) in [5, 5.41) is 3.32. The minimum absolute atomic E-state index is 0.0268. The Morgan fingerprint density at radius 1 is 1.00 bits per heavy atom. The van der Waals surface area contributed by atoms with Crippen LogP contribution in [0.5, 0.6) is 0 Å². The average Bonchev–Trinajstić information content (AvgIpc) is 2.56. The van der Waals surface area contributed by atoms with Crippen molar-refractivity contribution in [2.24, 2.45) is 0 Å². The summed E-state index contributed by atoms with van der Waals surface area (Å²) in [6.45, 7) is 11.9. The summed E-state index contributed by atoms with van der Waals surface area (Å²) in [5.41, 5.74) is 3.80. The van der Waals surface area contributed by atoms with Crippen LogP contribution in [0.1, 0.15) is 50.7 Å². The van der Waals surface area contributed by atoms with Gasteiger partial charge in [0.15, 0.2) is 0 Å². The van der Waals surface area contributed by atoms with Crippen LogP contribution in [-0.2, 0) is 5.41 Å². The fourth-order valence-corrected chi connectivity index (χ4v) is 2.49. The zero-order chi connectivity index (χ0) is 17.7. The van der Waals surface area contributed by atoms with E-state index >= 15 is 0 Å². The van der Waals surface area contributed by atoms with Gasteiger partial charge in [0.05, 0.1) is 11.9 Å². The molecule has 4 nitrogen and oxygen atoms in total. The molecule has 0 bridgehead atoms. The smallest absolute Gasteiger partial charge is 0.272 e. The van der Waals surface area contributed by atoms with E-state index in [0.717, 1.165) is 11.4 Å². The SMILES string of the molecule is CCN(CC)C(=O)c1ccc(Nc2ccc(C(C)(C)C)cc2)cn1. The highest BCUT2D eigenvalue weighted by molar-refractivity contribution is 5.92. The number of pyridine rings is 1. The Morgan fingerprint density at radius 3 is 2.04 bits per heavy atom. The van der Waals surface area contributed by atoms with Gasteiger partial charge in [-0.2, -0.15) is 0 Å². The van der Waals surface area contributed by atoms with Crippen molar-refractivity contribution in [3.05, 3.63) is 53.9 Å². The van der Waals surface area contributed by atoms with Crippen LogP contribution in [0.4, 0.5) is 11.4 Å². The van der Waals surface area contributed by atoms with Crippen molar-refractivity contribution in [2.75, 3.05) is 18.4 Å². The number of hydrogen-bond acceptors (Lipinski definition) is 3. The number of aromatic nitrogens is 1. The number of carbonyl (C=O) groups is 1. The van der Waals surface area contributed by atoms with Crippen molar-refractivity contribution in [3.63, 3.8) is 0 Å². The lowest BCUT2D eigenvalue weighted by Gasteiger charge is -2.19. The van der Waals surface area contributed by atoms with Gasteiger partial charge < -0.3 is 10.2 Å². The van der Waals surface area contributed by atoms with Crippen molar-refractivity contribution in [2.45, 2.75) is 40.0 Å².